The molecule has 0 heterocycles. The molecule has 2 unspecified atom stereocenters. The van der Waals surface area contributed by atoms with Crippen LogP contribution in [0.4, 0.5) is 0 Å². The largest absolute Gasteiger partial charge is 0.393 e. The van der Waals surface area contributed by atoms with Gasteiger partial charge in [0.2, 0.25) is 0 Å². The number of aliphatic hydroxyl groups is 2. The van der Waals surface area contributed by atoms with Gasteiger partial charge in [0.25, 0.3) is 0 Å². The highest BCUT2D eigenvalue weighted by Crippen LogP contribution is 2.66. The molecule has 3 heteroatoms. The summed E-state index contributed by atoms with van der Waals surface area (Å²) in [5.41, 5.74) is 0.00945. The zero-order chi connectivity index (χ0) is 17.5. The number of rotatable bonds is 0. The lowest BCUT2D eigenvalue weighted by Gasteiger charge is -2.61. The maximum atomic E-state index is 12.4. The van der Waals surface area contributed by atoms with Crippen molar-refractivity contribution >= 4 is 5.78 Å². The zero-order valence-electron chi connectivity index (χ0n) is 15.5. The van der Waals surface area contributed by atoms with E-state index < -0.39 is 5.60 Å². The minimum Gasteiger partial charge on any atom is -0.393 e. The van der Waals surface area contributed by atoms with Crippen molar-refractivity contribution in [3.8, 4) is 0 Å². The molecule has 8 atom stereocenters. The molecule has 0 amide bonds. The monoisotopic (exact) mass is 332 g/mol. The fourth-order valence-corrected chi connectivity index (χ4v) is 7.17. The minimum absolute atomic E-state index is 0.0546. The summed E-state index contributed by atoms with van der Waals surface area (Å²) in [6, 6.07) is 0. The molecule has 4 aliphatic carbocycles. The fourth-order valence-electron chi connectivity index (χ4n) is 7.17. The number of hydrogen-bond acceptors (Lipinski definition) is 3. The van der Waals surface area contributed by atoms with Crippen LogP contribution in [0.5, 0.6) is 0 Å². The quantitative estimate of drug-likeness (QED) is 0.714. The highest BCUT2D eigenvalue weighted by atomic mass is 16.3. The van der Waals surface area contributed by atoms with Crippen molar-refractivity contribution < 1.29 is 15.0 Å². The van der Waals surface area contributed by atoms with Crippen molar-refractivity contribution in [2.75, 3.05) is 0 Å². The Morgan fingerprint density at radius 3 is 2.50 bits per heavy atom. The SMILES string of the molecule is CC1C(C)(O)C(=O)C=C2CC[C@H]3[C@@H]4CC[C@H](O)[C@@]4(C)CC[C@@H]3[C@]21C. The first kappa shape index (κ1) is 16.8. The van der Waals surface area contributed by atoms with Gasteiger partial charge in [-0.25, -0.2) is 0 Å². The second kappa shape index (κ2) is 4.94. The van der Waals surface area contributed by atoms with Crippen molar-refractivity contribution in [1.82, 2.24) is 0 Å². The number of hydrogen-bond donors (Lipinski definition) is 2. The van der Waals surface area contributed by atoms with E-state index >= 15 is 0 Å². The summed E-state index contributed by atoms with van der Waals surface area (Å²) in [6.07, 6.45) is 8.00. The van der Waals surface area contributed by atoms with Gasteiger partial charge in [0.1, 0.15) is 5.60 Å². The molecule has 3 nitrogen and oxygen atoms in total. The van der Waals surface area contributed by atoms with Crippen molar-refractivity contribution in [1.29, 1.82) is 0 Å². The zero-order valence-corrected chi connectivity index (χ0v) is 15.5. The number of carbonyl (C=O) groups is 1. The third-order valence-electron chi connectivity index (χ3n) is 9.14. The Labute approximate surface area is 145 Å². The van der Waals surface area contributed by atoms with Gasteiger partial charge < -0.3 is 10.2 Å². The van der Waals surface area contributed by atoms with Crippen LogP contribution in [0, 0.1) is 34.5 Å². The van der Waals surface area contributed by atoms with Crippen LogP contribution in [0.15, 0.2) is 11.6 Å². The Kier molecular flexibility index (Phi) is 3.46. The molecule has 0 saturated heterocycles. The van der Waals surface area contributed by atoms with Crippen LogP contribution in [-0.2, 0) is 4.79 Å². The molecule has 134 valence electrons. The number of fused-ring (bicyclic) bond motifs is 5. The summed E-state index contributed by atoms with van der Waals surface area (Å²) in [4.78, 5) is 12.4. The summed E-state index contributed by atoms with van der Waals surface area (Å²) >= 11 is 0. The summed E-state index contributed by atoms with van der Waals surface area (Å²) in [7, 11) is 0. The van der Waals surface area contributed by atoms with Crippen LogP contribution in [0.25, 0.3) is 0 Å². The summed E-state index contributed by atoms with van der Waals surface area (Å²) < 4.78 is 0. The van der Waals surface area contributed by atoms with Gasteiger partial charge in [-0.3, -0.25) is 4.79 Å². The van der Waals surface area contributed by atoms with E-state index in [0.717, 1.165) is 38.5 Å². The molecule has 3 fully saturated rings. The molecule has 0 bridgehead atoms. The lowest BCUT2D eigenvalue weighted by molar-refractivity contribution is -0.154. The average molecular weight is 332 g/mol. The van der Waals surface area contributed by atoms with E-state index in [1.54, 1.807) is 13.0 Å². The number of aliphatic hydroxyl groups excluding tert-OH is 1. The van der Waals surface area contributed by atoms with Gasteiger partial charge in [-0.05, 0) is 80.1 Å². The molecule has 4 aliphatic rings. The molecule has 0 aromatic rings. The first-order chi connectivity index (χ1) is 11.1. The topological polar surface area (TPSA) is 57.5 Å². The summed E-state index contributed by atoms with van der Waals surface area (Å²) in [5.74, 6) is 1.57. The summed E-state index contributed by atoms with van der Waals surface area (Å²) in [6.45, 7) is 8.37. The summed E-state index contributed by atoms with van der Waals surface area (Å²) in [5, 5.41) is 21.4. The van der Waals surface area contributed by atoms with Gasteiger partial charge in [-0.1, -0.05) is 26.3 Å². The van der Waals surface area contributed by atoms with E-state index in [-0.39, 0.29) is 28.6 Å². The van der Waals surface area contributed by atoms with Crippen LogP contribution < -0.4 is 0 Å². The van der Waals surface area contributed by atoms with E-state index in [0.29, 0.717) is 17.8 Å². The molecular formula is C21H32O3. The van der Waals surface area contributed by atoms with E-state index in [1.165, 1.54) is 5.57 Å². The predicted molar refractivity (Wildman–Crippen MR) is 93.3 cm³/mol. The van der Waals surface area contributed by atoms with Gasteiger partial charge in [0.05, 0.1) is 6.10 Å². The Morgan fingerprint density at radius 1 is 1.08 bits per heavy atom. The van der Waals surface area contributed by atoms with Crippen LogP contribution in [0.3, 0.4) is 0 Å². The Morgan fingerprint density at radius 2 is 1.79 bits per heavy atom. The van der Waals surface area contributed by atoms with Crippen LogP contribution in [0.2, 0.25) is 0 Å². The molecule has 0 aromatic carbocycles. The molecule has 0 aromatic heterocycles. The highest BCUT2D eigenvalue weighted by molar-refractivity contribution is 5.98. The van der Waals surface area contributed by atoms with Crippen molar-refractivity contribution in [2.45, 2.75) is 77.9 Å². The maximum Gasteiger partial charge on any atom is 0.187 e. The second-order valence-corrected chi connectivity index (χ2v) is 9.74. The van der Waals surface area contributed by atoms with E-state index in [1.807, 2.05) is 0 Å². The van der Waals surface area contributed by atoms with Crippen molar-refractivity contribution in [3.05, 3.63) is 11.6 Å². The number of allylic oxidation sites excluding steroid dienone is 1. The molecule has 0 aliphatic heterocycles. The average Bonchev–Trinajstić information content (AvgIpc) is 2.83. The van der Waals surface area contributed by atoms with Gasteiger partial charge in [-0.2, -0.15) is 0 Å². The second-order valence-electron chi connectivity index (χ2n) is 9.74. The van der Waals surface area contributed by atoms with Crippen molar-refractivity contribution in [2.24, 2.45) is 34.5 Å². The highest BCUT2D eigenvalue weighted by Gasteiger charge is 2.62. The van der Waals surface area contributed by atoms with Crippen LogP contribution in [0.1, 0.15) is 66.2 Å². The fraction of sp³-hybridized carbons (Fsp3) is 0.857. The number of ketones is 1. The molecule has 0 radical (unpaired) electrons. The van der Waals surface area contributed by atoms with Gasteiger partial charge in [-0.15, -0.1) is 0 Å². The predicted octanol–water partition coefficient (Wildman–Crippen LogP) is 3.49. The lowest BCUT2D eigenvalue weighted by atomic mass is 9.44. The Balaban J connectivity index is 1.76. The van der Waals surface area contributed by atoms with Gasteiger partial charge in [0.15, 0.2) is 5.78 Å². The van der Waals surface area contributed by atoms with E-state index in [4.69, 9.17) is 0 Å². The third-order valence-corrected chi connectivity index (χ3v) is 9.14. The van der Waals surface area contributed by atoms with Crippen LogP contribution in [-0.4, -0.2) is 27.7 Å². The van der Waals surface area contributed by atoms with Gasteiger partial charge >= 0.3 is 0 Å². The van der Waals surface area contributed by atoms with Crippen LogP contribution >= 0.6 is 0 Å². The van der Waals surface area contributed by atoms with Gasteiger partial charge in [0, 0.05) is 5.92 Å². The minimum atomic E-state index is -1.25. The smallest absolute Gasteiger partial charge is 0.187 e. The van der Waals surface area contributed by atoms with Crippen molar-refractivity contribution in [3.63, 3.8) is 0 Å². The molecule has 3 saturated carbocycles. The first-order valence-electron chi connectivity index (χ1n) is 9.79. The maximum absolute atomic E-state index is 12.4. The Hall–Kier alpha value is -0.670. The number of carbonyl (C=O) groups excluding carboxylic acids is 1. The molecular weight excluding hydrogens is 300 g/mol. The lowest BCUT2D eigenvalue weighted by Crippen LogP contribution is -2.59. The van der Waals surface area contributed by atoms with E-state index in [2.05, 4.69) is 20.8 Å². The van der Waals surface area contributed by atoms with E-state index in [9.17, 15) is 15.0 Å². The first-order valence-corrected chi connectivity index (χ1v) is 9.79. The third kappa shape index (κ3) is 1.83. The Bertz CT molecular complexity index is 606. The molecule has 0 spiro atoms. The normalized spacial score (nSPS) is 57.0. The molecule has 2 N–H and O–H groups in total. The molecule has 4 rings (SSSR count). The standard InChI is InChI=1S/C21H32O3/c1-12-20(3)13(11-18(23)21(12,4)24)5-6-14-15-7-8-17(22)19(15,2)10-9-16(14)20/h11-12,14-17,22,24H,5-10H2,1-4H3/t12?,14-,15-,16-,17-,19-,20-,21?/m0/s1. The molecule has 24 heavy (non-hydrogen) atoms.